The highest BCUT2D eigenvalue weighted by molar-refractivity contribution is 7.14. The van der Waals surface area contributed by atoms with Gasteiger partial charge in [0.1, 0.15) is 6.04 Å². The van der Waals surface area contributed by atoms with Gasteiger partial charge in [0.25, 0.3) is 0 Å². The van der Waals surface area contributed by atoms with Crippen molar-refractivity contribution in [3.63, 3.8) is 0 Å². The van der Waals surface area contributed by atoms with Gasteiger partial charge in [0.05, 0.1) is 4.88 Å². The number of amides is 1. The number of carbonyl (C=O) groups excluding carboxylic acids is 3. The van der Waals surface area contributed by atoms with Crippen LogP contribution < -0.4 is 5.32 Å². The number of carboxylic acid groups (broad SMARTS) is 1. The minimum atomic E-state index is -1.14. The highest BCUT2D eigenvalue weighted by atomic mass is 32.1. The summed E-state index contributed by atoms with van der Waals surface area (Å²) in [5.74, 6) is -1.87. The second-order valence-corrected chi connectivity index (χ2v) is 15.3. The van der Waals surface area contributed by atoms with Crippen molar-refractivity contribution < 1.29 is 24.3 Å². The lowest BCUT2D eigenvalue weighted by Crippen LogP contribution is -2.42. The van der Waals surface area contributed by atoms with Crippen LogP contribution in [0.3, 0.4) is 0 Å². The van der Waals surface area contributed by atoms with Gasteiger partial charge < -0.3 is 10.4 Å². The highest BCUT2D eigenvalue weighted by Crippen LogP contribution is 2.31. The molecule has 0 fully saturated rings. The van der Waals surface area contributed by atoms with Crippen LogP contribution in [0.4, 0.5) is 0 Å². The summed E-state index contributed by atoms with van der Waals surface area (Å²) < 4.78 is 0. The van der Waals surface area contributed by atoms with Crippen molar-refractivity contribution in [3.8, 4) is 22.5 Å². The van der Waals surface area contributed by atoms with E-state index >= 15 is 0 Å². The Labute approximate surface area is 280 Å². The molecule has 9 heteroatoms. The first-order valence-corrected chi connectivity index (χ1v) is 16.5. The first-order chi connectivity index (χ1) is 22.0. The van der Waals surface area contributed by atoms with E-state index in [2.05, 4.69) is 36.1 Å². The minimum absolute atomic E-state index is 0.0413. The Kier molecular flexibility index (Phi) is 10.9. The van der Waals surface area contributed by atoms with Gasteiger partial charge in [0.2, 0.25) is 5.91 Å². The quantitative estimate of drug-likeness (QED) is 0.149. The number of carbonyl (C=O) groups is 4. The first-order valence-electron chi connectivity index (χ1n) is 15.7. The molecular formula is C38H43N3O5S. The third-order valence-electron chi connectivity index (χ3n) is 7.73. The van der Waals surface area contributed by atoms with Crippen LogP contribution in [0.15, 0.2) is 73.1 Å². The van der Waals surface area contributed by atoms with Gasteiger partial charge in [-0.15, -0.1) is 11.3 Å². The number of thiophene rings is 1. The molecule has 0 aliphatic rings. The molecule has 0 spiro atoms. The molecule has 0 aliphatic carbocycles. The lowest BCUT2D eigenvalue weighted by Gasteiger charge is -2.18. The number of Topliss-reactive ketones (excluding diaryl/α,β-unsaturated/α-hetero) is 2. The summed E-state index contributed by atoms with van der Waals surface area (Å²) in [6.45, 7) is 13.8. The van der Waals surface area contributed by atoms with Gasteiger partial charge >= 0.3 is 5.97 Å². The molecule has 4 rings (SSSR count). The molecule has 2 atom stereocenters. The summed E-state index contributed by atoms with van der Waals surface area (Å²) in [6, 6.07) is 17.6. The van der Waals surface area contributed by atoms with Crippen LogP contribution in [0.2, 0.25) is 0 Å². The highest BCUT2D eigenvalue weighted by Gasteiger charge is 2.27. The largest absolute Gasteiger partial charge is 0.480 e. The molecular weight excluding hydrogens is 611 g/mol. The molecule has 2 heterocycles. The second kappa shape index (κ2) is 14.5. The van der Waals surface area contributed by atoms with E-state index in [0.29, 0.717) is 22.7 Å². The molecule has 0 aliphatic heterocycles. The molecule has 0 saturated carbocycles. The van der Waals surface area contributed by atoms with Crippen molar-refractivity contribution in [2.75, 3.05) is 0 Å². The topological polar surface area (TPSA) is 126 Å². The zero-order valence-electron chi connectivity index (χ0n) is 28.1. The van der Waals surface area contributed by atoms with Crippen LogP contribution in [-0.4, -0.2) is 44.6 Å². The predicted molar refractivity (Wildman–Crippen MR) is 186 cm³/mol. The summed E-state index contributed by atoms with van der Waals surface area (Å²) in [5.41, 5.74) is 3.86. The fraction of sp³-hybridized carbons (Fsp3) is 0.368. The Balaban J connectivity index is 1.46. The van der Waals surface area contributed by atoms with E-state index in [-0.39, 0.29) is 35.2 Å². The zero-order valence-corrected chi connectivity index (χ0v) is 28.9. The summed E-state index contributed by atoms with van der Waals surface area (Å²) >= 11 is 1.43. The number of hydrogen-bond acceptors (Lipinski definition) is 7. The maximum atomic E-state index is 13.3. The van der Waals surface area contributed by atoms with Crippen LogP contribution in [0.5, 0.6) is 0 Å². The summed E-state index contributed by atoms with van der Waals surface area (Å²) in [4.78, 5) is 61.1. The van der Waals surface area contributed by atoms with Gasteiger partial charge in [-0.25, -0.2) is 9.97 Å². The standard InChI is InChI=1S/C38H43N3O5S/c1-23(36(45)46)41-35(44)28(19-30(42)32-16-17-33(47-32)38(5,6)7)18-24-8-10-27(11-9-24)34-39-21-29(22-40-34)25-12-14-26(15-13-25)31(43)20-37(2,3)4/h8-17,21-23,28H,18-20H2,1-7H3,(H,41,44)(H,45,46)/t23-,28-/m1/s1. The molecule has 0 saturated heterocycles. The Morgan fingerprint density at radius 2 is 1.38 bits per heavy atom. The van der Waals surface area contributed by atoms with Gasteiger partial charge in [0, 0.05) is 52.7 Å². The molecule has 0 unspecified atom stereocenters. The predicted octanol–water partition coefficient (Wildman–Crippen LogP) is 7.81. The Morgan fingerprint density at radius 1 is 0.787 bits per heavy atom. The lowest BCUT2D eigenvalue weighted by atomic mass is 9.87. The van der Waals surface area contributed by atoms with Gasteiger partial charge in [-0.3, -0.25) is 19.2 Å². The fourth-order valence-electron chi connectivity index (χ4n) is 5.00. The van der Waals surface area contributed by atoms with Crippen molar-refractivity contribution in [2.45, 2.75) is 79.2 Å². The van der Waals surface area contributed by atoms with Gasteiger partial charge in [-0.1, -0.05) is 90.1 Å². The van der Waals surface area contributed by atoms with E-state index in [1.165, 1.54) is 18.3 Å². The third-order valence-corrected chi connectivity index (χ3v) is 9.28. The number of hydrogen-bond donors (Lipinski definition) is 2. The lowest BCUT2D eigenvalue weighted by molar-refractivity contribution is -0.141. The van der Waals surface area contributed by atoms with E-state index in [1.807, 2.05) is 75.4 Å². The number of nitrogens with zero attached hydrogens (tertiary/aromatic N) is 2. The molecule has 0 bridgehead atoms. The maximum Gasteiger partial charge on any atom is 0.325 e. The van der Waals surface area contributed by atoms with E-state index in [1.54, 1.807) is 18.5 Å². The molecule has 8 nitrogen and oxygen atoms in total. The van der Waals surface area contributed by atoms with Crippen LogP contribution >= 0.6 is 11.3 Å². The molecule has 47 heavy (non-hydrogen) atoms. The first kappa shape index (κ1) is 35.4. The van der Waals surface area contributed by atoms with Crippen molar-refractivity contribution in [2.24, 2.45) is 11.3 Å². The monoisotopic (exact) mass is 653 g/mol. The number of aliphatic carboxylic acids is 1. The van der Waals surface area contributed by atoms with Crippen LogP contribution in [0, 0.1) is 11.3 Å². The summed E-state index contributed by atoms with van der Waals surface area (Å²) in [5, 5.41) is 11.9. The Morgan fingerprint density at radius 3 is 1.91 bits per heavy atom. The van der Waals surface area contributed by atoms with E-state index in [9.17, 15) is 24.3 Å². The maximum absolute atomic E-state index is 13.3. The fourth-order valence-corrected chi connectivity index (χ4v) is 6.01. The number of ketones is 2. The van der Waals surface area contributed by atoms with Crippen molar-refractivity contribution in [1.82, 2.24) is 15.3 Å². The molecule has 2 N–H and O–H groups in total. The van der Waals surface area contributed by atoms with Crippen molar-refractivity contribution >= 4 is 34.8 Å². The Hall–Kier alpha value is -4.50. The number of carboxylic acids is 1. The van der Waals surface area contributed by atoms with Crippen molar-refractivity contribution in [1.29, 1.82) is 0 Å². The molecule has 2 aromatic heterocycles. The van der Waals surface area contributed by atoms with E-state index in [4.69, 9.17) is 0 Å². The SMILES string of the molecule is C[C@@H](NC(=O)[C@@H](CC(=O)c1ccc(C(C)(C)C)s1)Cc1ccc(-c2ncc(-c3ccc(C(=O)CC(C)(C)C)cc3)cn2)cc1)C(=O)O. The minimum Gasteiger partial charge on any atom is -0.480 e. The average Bonchev–Trinajstić information content (AvgIpc) is 3.52. The number of nitrogens with one attached hydrogen (secondary N) is 1. The zero-order chi connectivity index (χ0) is 34.5. The third kappa shape index (κ3) is 9.75. The van der Waals surface area contributed by atoms with Crippen LogP contribution in [0.25, 0.3) is 22.5 Å². The van der Waals surface area contributed by atoms with Gasteiger partial charge in [0.15, 0.2) is 17.4 Å². The van der Waals surface area contributed by atoms with E-state index in [0.717, 1.165) is 27.1 Å². The number of rotatable bonds is 12. The van der Waals surface area contributed by atoms with Crippen LogP contribution in [0.1, 0.15) is 91.8 Å². The smallest absolute Gasteiger partial charge is 0.325 e. The molecule has 0 radical (unpaired) electrons. The average molecular weight is 654 g/mol. The number of aromatic nitrogens is 2. The Bertz CT molecular complexity index is 1730. The van der Waals surface area contributed by atoms with E-state index < -0.39 is 23.8 Å². The molecule has 2 aromatic carbocycles. The molecule has 1 amide bonds. The van der Waals surface area contributed by atoms with Crippen LogP contribution in [-0.2, 0) is 21.4 Å². The molecule has 4 aromatic rings. The number of benzene rings is 2. The second-order valence-electron chi connectivity index (χ2n) is 14.2. The van der Waals surface area contributed by atoms with Crippen molar-refractivity contribution in [3.05, 3.63) is 93.9 Å². The van der Waals surface area contributed by atoms with Gasteiger partial charge in [-0.05, 0) is 47.4 Å². The summed E-state index contributed by atoms with van der Waals surface area (Å²) in [6.07, 6.45) is 4.18. The van der Waals surface area contributed by atoms with Gasteiger partial charge in [-0.2, -0.15) is 0 Å². The molecule has 246 valence electrons. The normalized spacial score (nSPS) is 13.1. The summed E-state index contributed by atoms with van der Waals surface area (Å²) in [7, 11) is 0.